The van der Waals surface area contributed by atoms with E-state index in [2.05, 4.69) is 17.1 Å². The monoisotopic (exact) mass is 386 g/mol. The smallest absolute Gasteiger partial charge is 0.255 e. The highest BCUT2D eigenvalue weighted by Crippen LogP contribution is 2.29. The molecule has 8 nitrogen and oxygen atoms in total. The second-order valence-corrected chi connectivity index (χ2v) is 8.38. The molecular weight excluding hydrogens is 356 g/mol. The number of hydrogen-bond donors (Lipinski definition) is 3. The molecule has 1 aromatic rings. The number of likely N-dealkylation sites (tertiary alicyclic amines) is 1. The SMILES string of the molecule is CCN1CCCC1CNC(=O)c1cc(S(=O)(=O)CC)c(N)cc1OC.N. The highest BCUT2D eigenvalue weighted by atomic mass is 32.2. The maximum atomic E-state index is 12.6. The quantitative estimate of drug-likeness (QED) is 0.603. The van der Waals surface area contributed by atoms with Gasteiger partial charge in [-0.05, 0) is 32.0 Å². The van der Waals surface area contributed by atoms with Crippen LogP contribution in [0.4, 0.5) is 5.69 Å². The summed E-state index contributed by atoms with van der Waals surface area (Å²) in [5.74, 6) is -0.172. The number of nitrogen functional groups attached to an aromatic ring is 1. The van der Waals surface area contributed by atoms with Gasteiger partial charge in [-0.25, -0.2) is 8.42 Å². The van der Waals surface area contributed by atoms with Gasteiger partial charge in [-0.15, -0.1) is 0 Å². The highest BCUT2D eigenvalue weighted by Gasteiger charge is 2.25. The Balaban J connectivity index is 0.00000338. The number of amides is 1. The zero-order valence-corrected chi connectivity index (χ0v) is 16.6. The largest absolute Gasteiger partial charge is 0.496 e. The van der Waals surface area contributed by atoms with Crippen molar-refractivity contribution in [1.82, 2.24) is 16.4 Å². The van der Waals surface area contributed by atoms with Crippen LogP contribution in [0.15, 0.2) is 17.0 Å². The summed E-state index contributed by atoms with van der Waals surface area (Å²) in [5.41, 5.74) is 6.11. The van der Waals surface area contributed by atoms with Crippen molar-refractivity contribution in [3.05, 3.63) is 17.7 Å². The fourth-order valence-electron chi connectivity index (χ4n) is 3.20. The first-order valence-electron chi connectivity index (χ1n) is 8.56. The summed E-state index contributed by atoms with van der Waals surface area (Å²) in [6.07, 6.45) is 2.17. The number of carbonyl (C=O) groups excluding carboxylic acids is 1. The van der Waals surface area contributed by atoms with Gasteiger partial charge in [-0.3, -0.25) is 9.69 Å². The minimum absolute atomic E-state index is 0. The average Bonchev–Trinajstić information content (AvgIpc) is 3.06. The molecule has 0 aliphatic carbocycles. The number of rotatable bonds is 7. The number of anilines is 1. The summed E-state index contributed by atoms with van der Waals surface area (Å²) in [6.45, 7) is 6.16. The number of nitrogens with two attached hydrogens (primary N) is 1. The lowest BCUT2D eigenvalue weighted by molar-refractivity contribution is 0.0938. The lowest BCUT2D eigenvalue weighted by Gasteiger charge is -2.23. The van der Waals surface area contributed by atoms with E-state index in [4.69, 9.17) is 10.5 Å². The van der Waals surface area contributed by atoms with Crippen molar-refractivity contribution in [3.8, 4) is 5.75 Å². The Morgan fingerprint density at radius 3 is 2.65 bits per heavy atom. The van der Waals surface area contributed by atoms with Crippen LogP contribution in [0.1, 0.15) is 37.0 Å². The number of nitrogens with one attached hydrogen (secondary N) is 1. The minimum Gasteiger partial charge on any atom is -0.496 e. The third kappa shape index (κ3) is 4.66. The molecule has 1 fully saturated rings. The number of ether oxygens (including phenoxy) is 1. The number of likely N-dealkylation sites (N-methyl/N-ethyl adjacent to an activating group) is 1. The molecule has 1 aliphatic rings. The first-order valence-corrected chi connectivity index (χ1v) is 10.2. The van der Waals surface area contributed by atoms with Crippen LogP contribution in [-0.4, -0.2) is 57.8 Å². The third-order valence-corrected chi connectivity index (χ3v) is 6.48. The molecule has 1 amide bonds. The Morgan fingerprint density at radius 2 is 2.08 bits per heavy atom. The lowest BCUT2D eigenvalue weighted by Crippen LogP contribution is -2.40. The van der Waals surface area contributed by atoms with Gasteiger partial charge in [0, 0.05) is 18.7 Å². The fraction of sp³-hybridized carbons (Fsp3) is 0.588. The van der Waals surface area contributed by atoms with Crippen molar-refractivity contribution in [1.29, 1.82) is 0 Å². The van der Waals surface area contributed by atoms with Gasteiger partial charge in [0.05, 0.1) is 29.0 Å². The molecule has 0 aromatic heterocycles. The first kappa shape index (κ1) is 22.2. The molecule has 1 aromatic carbocycles. The van der Waals surface area contributed by atoms with Crippen molar-refractivity contribution in [2.45, 2.75) is 37.6 Å². The second kappa shape index (κ2) is 9.20. The lowest BCUT2D eigenvalue weighted by atomic mass is 10.1. The molecule has 0 saturated carbocycles. The van der Waals surface area contributed by atoms with Crippen molar-refractivity contribution in [2.75, 3.05) is 38.2 Å². The van der Waals surface area contributed by atoms with Crippen LogP contribution in [0.5, 0.6) is 5.75 Å². The first-order chi connectivity index (χ1) is 11.8. The number of sulfone groups is 1. The van der Waals surface area contributed by atoms with Crippen molar-refractivity contribution >= 4 is 21.4 Å². The molecule has 1 saturated heterocycles. The summed E-state index contributed by atoms with van der Waals surface area (Å²) < 4.78 is 29.6. The molecule has 2 rings (SSSR count). The van der Waals surface area contributed by atoms with Gasteiger partial charge in [0.1, 0.15) is 5.75 Å². The van der Waals surface area contributed by atoms with E-state index in [1.807, 2.05) is 0 Å². The van der Waals surface area contributed by atoms with Gasteiger partial charge in [0.15, 0.2) is 9.84 Å². The molecule has 0 spiro atoms. The van der Waals surface area contributed by atoms with E-state index in [0.717, 1.165) is 25.9 Å². The van der Waals surface area contributed by atoms with Gasteiger partial charge < -0.3 is 21.9 Å². The molecule has 1 unspecified atom stereocenters. The van der Waals surface area contributed by atoms with Crippen LogP contribution in [0.2, 0.25) is 0 Å². The second-order valence-electron chi connectivity index (χ2n) is 6.13. The zero-order valence-electron chi connectivity index (χ0n) is 15.7. The van der Waals surface area contributed by atoms with Crippen molar-refractivity contribution in [2.24, 2.45) is 0 Å². The van der Waals surface area contributed by atoms with Crippen LogP contribution >= 0.6 is 0 Å². The number of carbonyl (C=O) groups is 1. The van der Waals surface area contributed by atoms with E-state index >= 15 is 0 Å². The van der Waals surface area contributed by atoms with E-state index in [1.54, 1.807) is 0 Å². The van der Waals surface area contributed by atoms with E-state index in [0.29, 0.717) is 12.6 Å². The Kier molecular flexibility index (Phi) is 7.86. The highest BCUT2D eigenvalue weighted by molar-refractivity contribution is 7.91. The van der Waals surface area contributed by atoms with Crippen LogP contribution < -0.4 is 21.9 Å². The predicted octanol–water partition coefficient (Wildman–Crippen LogP) is 1.45. The Morgan fingerprint density at radius 1 is 1.38 bits per heavy atom. The number of methoxy groups -OCH3 is 1. The average molecular weight is 387 g/mol. The molecule has 6 N–H and O–H groups in total. The van der Waals surface area contributed by atoms with E-state index < -0.39 is 9.84 Å². The summed E-state index contributed by atoms with van der Waals surface area (Å²) >= 11 is 0. The molecular formula is C17H30N4O4S. The Hall–Kier alpha value is -1.84. The molecule has 1 heterocycles. The maximum Gasteiger partial charge on any atom is 0.255 e. The standard InChI is InChI=1S/C17H27N3O4S.H3N/c1-4-20-8-6-7-12(20)11-19-17(21)13-9-16(25(22,23)5-2)14(18)10-15(13)24-3;/h9-10,12H,4-8,11,18H2,1-3H3,(H,19,21);1H3. The number of nitrogens with zero attached hydrogens (tertiary/aromatic N) is 1. The zero-order chi connectivity index (χ0) is 18.6. The summed E-state index contributed by atoms with van der Waals surface area (Å²) in [7, 11) is -2.10. The van der Waals surface area contributed by atoms with Crippen LogP contribution in [0.3, 0.4) is 0 Å². The molecule has 0 bridgehead atoms. The third-order valence-electron chi connectivity index (χ3n) is 4.70. The van der Waals surface area contributed by atoms with E-state index in [1.165, 1.54) is 26.2 Å². The van der Waals surface area contributed by atoms with Crippen LogP contribution in [0.25, 0.3) is 0 Å². The Bertz CT molecular complexity index is 737. The molecule has 26 heavy (non-hydrogen) atoms. The van der Waals surface area contributed by atoms with Crippen molar-refractivity contribution < 1.29 is 17.9 Å². The van der Waals surface area contributed by atoms with Gasteiger partial charge in [-0.1, -0.05) is 13.8 Å². The number of benzene rings is 1. The molecule has 1 atom stereocenters. The molecule has 9 heteroatoms. The number of hydrogen-bond acceptors (Lipinski definition) is 7. The van der Waals surface area contributed by atoms with E-state index in [9.17, 15) is 13.2 Å². The predicted molar refractivity (Wildman–Crippen MR) is 103 cm³/mol. The summed E-state index contributed by atoms with van der Waals surface area (Å²) in [4.78, 5) is 14.9. The van der Waals surface area contributed by atoms with Gasteiger partial charge in [-0.2, -0.15) is 0 Å². The summed E-state index contributed by atoms with van der Waals surface area (Å²) in [6, 6.07) is 3.02. The topological polar surface area (TPSA) is 137 Å². The molecule has 1 aliphatic heterocycles. The maximum absolute atomic E-state index is 12.6. The summed E-state index contributed by atoms with van der Waals surface area (Å²) in [5, 5.41) is 2.90. The van der Waals surface area contributed by atoms with Crippen LogP contribution in [-0.2, 0) is 9.84 Å². The molecule has 148 valence electrons. The van der Waals surface area contributed by atoms with Crippen LogP contribution in [0, 0.1) is 0 Å². The van der Waals surface area contributed by atoms with Crippen molar-refractivity contribution in [3.63, 3.8) is 0 Å². The Labute approximate surface area is 155 Å². The van der Waals surface area contributed by atoms with Gasteiger partial charge in [0.25, 0.3) is 5.91 Å². The van der Waals surface area contributed by atoms with Gasteiger partial charge in [0.2, 0.25) is 0 Å². The van der Waals surface area contributed by atoms with E-state index in [-0.39, 0.29) is 39.7 Å². The fourth-order valence-corrected chi connectivity index (χ4v) is 4.22. The van der Waals surface area contributed by atoms with Gasteiger partial charge >= 0.3 is 0 Å². The molecule has 0 radical (unpaired) electrons. The minimum atomic E-state index is -3.52. The normalized spacial score (nSPS) is 17.6.